The van der Waals surface area contributed by atoms with Crippen LogP contribution >= 0.6 is 0 Å². The molecule has 27 nitrogen and oxygen atoms in total. The van der Waals surface area contributed by atoms with E-state index in [9.17, 15) is 83.7 Å². The van der Waals surface area contributed by atoms with Gasteiger partial charge >= 0.3 is 41.8 Å². The number of nitrogens with zero attached hydrogens (tertiary/aromatic N) is 4. The van der Waals surface area contributed by atoms with E-state index in [0.29, 0.717) is 6.42 Å². The van der Waals surface area contributed by atoms with Crippen molar-refractivity contribution in [2.24, 2.45) is 0 Å². The number of carboxylic acid groups (broad SMARTS) is 7. The third-order valence-corrected chi connectivity index (χ3v) is 10.2. The minimum absolute atomic E-state index is 0.0101. The molecule has 4 atom stereocenters. The number of aliphatic hydroxyl groups is 1. The molecule has 1 aliphatic rings. The number of hydrogen-bond donors (Lipinski definition) is 13. The predicted molar refractivity (Wildman–Crippen MR) is 222 cm³/mol. The summed E-state index contributed by atoms with van der Waals surface area (Å²) in [6, 6.07) is -4.03. The number of carbonyl (C=O) groups is 8. The molecular weight excluding hydrogens is 858 g/mol. The molecule has 0 aromatic heterocycles. The van der Waals surface area contributed by atoms with E-state index in [1.54, 1.807) is 4.90 Å². The molecule has 0 radical (unpaired) electrons. The number of aliphatic carboxylic acids is 7. The first-order valence-electron chi connectivity index (χ1n) is 20.4. The van der Waals surface area contributed by atoms with Crippen LogP contribution in [0.1, 0.15) is 44.9 Å². The lowest BCUT2D eigenvalue weighted by Gasteiger charge is -2.35. The summed E-state index contributed by atoms with van der Waals surface area (Å²) in [6.07, 6.45) is -2.62. The Labute approximate surface area is 365 Å². The fourth-order valence-corrected chi connectivity index (χ4v) is 6.79. The van der Waals surface area contributed by atoms with Crippen LogP contribution in [0.25, 0.3) is 0 Å². The van der Waals surface area contributed by atoms with Crippen molar-refractivity contribution in [3.05, 3.63) is 20.4 Å². The number of amides is 1. The van der Waals surface area contributed by atoms with Crippen LogP contribution in [0, 0.1) is 0 Å². The average molecular weight is 918 g/mol. The van der Waals surface area contributed by atoms with Gasteiger partial charge < -0.3 is 56.8 Å². The summed E-state index contributed by atoms with van der Waals surface area (Å²) >= 11 is 0. The highest BCUT2D eigenvalue weighted by molar-refractivity contribution is 5.79. The van der Waals surface area contributed by atoms with Gasteiger partial charge in [-0.1, -0.05) is 0 Å². The van der Waals surface area contributed by atoms with Gasteiger partial charge in [-0.2, -0.15) is 0 Å². The molecule has 0 bridgehead atoms. The van der Waals surface area contributed by atoms with Gasteiger partial charge in [-0.3, -0.25) is 78.2 Å². The number of unbranched alkanes of at least 4 members (excludes halogenated alkanes) is 1. The van der Waals surface area contributed by atoms with Crippen LogP contribution in [-0.2, 0) is 38.4 Å². The summed E-state index contributed by atoms with van der Waals surface area (Å²) in [5.41, 5.74) is -1.69. The number of rotatable bonds is 30. The molecule has 13 N–H and O–H groups in total. The Bertz CT molecular complexity index is 1790. The van der Waals surface area contributed by atoms with Crippen molar-refractivity contribution in [3.8, 4) is 0 Å². The average Bonchev–Trinajstić information content (AvgIpc) is 3.20. The van der Waals surface area contributed by atoms with Crippen LogP contribution < -0.4 is 37.4 Å². The Morgan fingerprint density at radius 3 is 1.36 bits per heavy atom. The molecule has 1 amide bonds. The van der Waals surface area contributed by atoms with Gasteiger partial charge in [0, 0.05) is 84.8 Å². The number of carbonyl (C=O) groups excluding carboxylic acids is 1. The lowest BCUT2D eigenvalue weighted by molar-refractivity contribution is -0.145. The molecule has 1 aromatic carbocycles. The van der Waals surface area contributed by atoms with Crippen LogP contribution in [0.5, 0.6) is 0 Å². The highest BCUT2D eigenvalue weighted by atomic mass is 16.4. The fourth-order valence-electron chi connectivity index (χ4n) is 6.79. The second-order valence-electron chi connectivity index (χ2n) is 15.0. The molecule has 1 aliphatic heterocycles. The van der Waals surface area contributed by atoms with Crippen molar-refractivity contribution in [2.45, 2.75) is 69.4 Å². The Balaban J connectivity index is 1.91. The number of aliphatic hydroxyl groups excluding tert-OH is 1. The van der Waals surface area contributed by atoms with E-state index >= 15 is 0 Å². The summed E-state index contributed by atoms with van der Waals surface area (Å²) < 4.78 is 0. The first kappa shape index (κ1) is 54.3. The number of anilines is 2. The maximum absolute atomic E-state index is 12.8. The van der Waals surface area contributed by atoms with E-state index in [1.807, 2.05) is 0 Å². The second kappa shape index (κ2) is 28.1. The summed E-state index contributed by atoms with van der Waals surface area (Å²) in [6.45, 7) is -0.284. The number of nitrogens with one attached hydrogen (secondary N) is 5. The molecule has 1 aromatic rings. The zero-order valence-electron chi connectivity index (χ0n) is 35.1. The minimum atomic E-state index is -1.79. The maximum atomic E-state index is 12.8. The molecule has 4 unspecified atom stereocenters. The molecular formula is C37H59N9O18. The van der Waals surface area contributed by atoms with Gasteiger partial charge in [0.15, 0.2) is 6.35 Å². The third kappa shape index (κ3) is 20.6. The molecule has 1 saturated heterocycles. The monoisotopic (exact) mass is 917 g/mol. The Kier molecular flexibility index (Phi) is 23.8. The smallest absolute Gasteiger partial charge is 0.320 e. The Morgan fingerprint density at radius 2 is 0.938 bits per heavy atom. The van der Waals surface area contributed by atoms with Crippen molar-refractivity contribution in [1.29, 1.82) is 0 Å². The summed E-state index contributed by atoms with van der Waals surface area (Å²) in [4.78, 5) is 124. The zero-order chi connectivity index (χ0) is 47.9. The van der Waals surface area contributed by atoms with Crippen molar-refractivity contribution in [2.75, 3.05) is 102 Å². The van der Waals surface area contributed by atoms with Gasteiger partial charge in [0.25, 0.3) is 10.9 Å². The zero-order valence-corrected chi connectivity index (χ0v) is 35.1. The van der Waals surface area contributed by atoms with Crippen LogP contribution in [0.4, 0.5) is 11.4 Å². The molecule has 64 heavy (non-hydrogen) atoms. The fraction of sp³-hybridized carbons (Fsp3) is 0.676. The lowest BCUT2D eigenvalue weighted by atomic mass is 10.1. The summed E-state index contributed by atoms with van der Waals surface area (Å²) in [7, 11) is 0. The van der Waals surface area contributed by atoms with E-state index < -0.39 is 103 Å². The van der Waals surface area contributed by atoms with Crippen molar-refractivity contribution in [3.63, 3.8) is 0 Å². The largest absolute Gasteiger partial charge is 0.481 e. The van der Waals surface area contributed by atoms with Crippen molar-refractivity contribution < 1.29 is 79.2 Å². The van der Waals surface area contributed by atoms with E-state index in [0.717, 1.165) is 0 Å². The van der Waals surface area contributed by atoms with Gasteiger partial charge in [0.2, 0.25) is 5.91 Å². The van der Waals surface area contributed by atoms with Crippen LogP contribution in [0.3, 0.4) is 0 Å². The topological polar surface area (TPSA) is 406 Å². The molecule has 1 fully saturated rings. The Hall–Kier alpha value is -5.84. The van der Waals surface area contributed by atoms with E-state index in [2.05, 4.69) is 26.6 Å². The lowest BCUT2D eigenvalue weighted by Crippen LogP contribution is -2.55. The highest BCUT2D eigenvalue weighted by Gasteiger charge is 2.29. The highest BCUT2D eigenvalue weighted by Crippen LogP contribution is 2.15. The number of hydrogen-bond acceptors (Lipinski definition) is 19. The van der Waals surface area contributed by atoms with Crippen LogP contribution in [-0.4, -0.2) is 224 Å². The molecule has 2 rings (SSSR count). The van der Waals surface area contributed by atoms with Crippen molar-refractivity contribution in [1.82, 2.24) is 35.6 Å². The van der Waals surface area contributed by atoms with Gasteiger partial charge in [-0.05, 0) is 32.1 Å². The summed E-state index contributed by atoms with van der Waals surface area (Å²) in [5, 5.41) is 88.8. The maximum Gasteiger partial charge on any atom is 0.320 e. The van der Waals surface area contributed by atoms with Crippen LogP contribution in [0.15, 0.2) is 9.59 Å². The normalized spacial score (nSPS) is 16.9. The first-order chi connectivity index (χ1) is 30.2. The van der Waals surface area contributed by atoms with E-state index in [-0.39, 0.29) is 122 Å². The van der Waals surface area contributed by atoms with Crippen LogP contribution in [0.2, 0.25) is 0 Å². The molecule has 0 saturated carbocycles. The molecule has 27 heteroatoms. The van der Waals surface area contributed by atoms with Crippen molar-refractivity contribution >= 4 is 59.1 Å². The third-order valence-electron chi connectivity index (χ3n) is 10.2. The van der Waals surface area contributed by atoms with E-state index in [4.69, 9.17) is 5.11 Å². The second-order valence-corrected chi connectivity index (χ2v) is 15.0. The van der Waals surface area contributed by atoms with Gasteiger partial charge in [0.05, 0.1) is 19.6 Å². The van der Waals surface area contributed by atoms with Gasteiger partial charge in [-0.25, -0.2) is 0 Å². The Morgan fingerprint density at radius 1 is 0.500 bits per heavy atom. The molecule has 0 aliphatic carbocycles. The summed E-state index contributed by atoms with van der Waals surface area (Å²) in [5.74, 6) is -9.27. The first-order valence-corrected chi connectivity index (χ1v) is 20.4. The minimum Gasteiger partial charge on any atom is -0.481 e. The quantitative estimate of drug-likeness (QED) is 0.0196. The molecule has 360 valence electrons. The van der Waals surface area contributed by atoms with Gasteiger partial charge in [-0.15, -0.1) is 0 Å². The van der Waals surface area contributed by atoms with E-state index in [1.165, 1.54) is 14.7 Å². The molecule has 1 heterocycles. The molecule has 0 spiro atoms. The standard InChI is InChI=1S/C37H59N9O18/c47-25(6-5-24(36(62)63)46-17-15-44(20-28(52)53)13-11-43(19-27(50)51)12-14-45(16-18-46)21-29(54)55)38-9-10-40-31-30(32(56)33(31)57)39-8-2-1-3-22(34(58)59)41-37(64)42-23(35(60)61)4-7-26(48)49/h22-24,37,39-42,64H,1-21H2,(H,38,47)(H,48,49)(H,50,51)(H,52,53)(H,54,55)(H,58,59)(H,60,61)(H,62,63). The SMILES string of the molecule is O=C(O)CCC(NC(O)NC(CCCCNc1c(NCCNC(=O)CCC(C(=O)O)N2CCN(CC(=O)O)CCN(CC(=O)O)CCN(CC(=O)O)CC2)c(=O)c1=O)C(=O)O)C(=O)O. The van der Waals surface area contributed by atoms with Gasteiger partial charge in [0.1, 0.15) is 29.5 Å². The number of carboxylic acids is 7. The predicted octanol–water partition coefficient (Wildman–Crippen LogP) is -4.67.